The van der Waals surface area contributed by atoms with Gasteiger partial charge in [-0.3, -0.25) is 0 Å². The van der Waals surface area contributed by atoms with Crippen molar-refractivity contribution in [2.24, 2.45) is 10.9 Å². The predicted molar refractivity (Wildman–Crippen MR) is 74.2 cm³/mol. The Morgan fingerprint density at radius 3 is 2.95 bits per heavy atom. The average molecular weight is 265 g/mol. The first-order chi connectivity index (χ1) is 9.13. The minimum absolute atomic E-state index is 0.0500. The van der Waals surface area contributed by atoms with E-state index in [9.17, 15) is 4.39 Å². The van der Waals surface area contributed by atoms with Gasteiger partial charge in [-0.25, -0.2) is 4.39 Å². The van der Waals surface area contributed by atoms with Gasteiger partial charge in [0, 0.05) is 23.8 Å². The Balaban J connectivity index is 2.42. The third-order valence-electron chi connectivity index (χ3n) is 3.70. The Labute approximate surface area is 112 Å². The van der Waals surface area contributed by atoms with E-state index >= 15 is 0 Å². The Bertz CT molecular complexity index is 476. The van der Waals surface area contributed by atoms with Gasteiger partial charge in [0.15, 0.2) is 5.84 Å². The highest BCUT2D eigenvalue weighted by molar-refractivity contribution is 6.02. The topological polar surface area (TPSA) is 61.8 Å². The summed E-state index contributed by atoms with van der Waals surface area (Å²) in [4.78, 5) is 2.22. The van der Waals surface area contributed by atoms with Crippen molar-refractivity contribution in [2.75, 3.05) is 11.4 Å². The molecule has 1 aromatic rings. The SMILES string of the molecule is CC1CCCCCN1c1ccc(F)cc1C(N)=NO. The summed E-state index contributed by atoms with van der Waals surface area (Å²) < 4.78 is 13.4. The largest absolute Gasteiger partial charge is 0.409 e. The Kier molecular flexibility index (Phi) is 4.24. The van der Waals surface area contributed by atoms with Crippen LogP contribution in [-0.2, 0) is 0 Å². The van der Waals surface area contributed by atoms with Crippen molar-refractivity contribution >= 4 is 11.5 Å². The van der Waals surface area contributed by atoms with Crippen LogP contribution in [-0.4, -0.2) is 23.6 Å². The molecule has 1 aliphatic heterocycles. The van der Waals surface area contributed by atoms with Crippen molar-refractivity contribution in [1.82, 2.24) is 0 Å². The highest BCUT2D eigenvalue weighted by atomic mass is 19.1. The first-order valence-electron chi connectivity index (χ1n) is 6.67. The van der Waals surface area contributed by atoms with Crippen LogP contribution in [0.1, 0.15) is 38.2 Å². The molecule has 5 heteroatoms. The molecule has 1 saturated heterocycles. The molecule has 1 unspecified atom stereocenters. The number of benzene rings is 1. The minimum atomic E-state index is -0.382. The van der Waals surface area contributed by atoms with Crippen molar-refractivity contribution in [1.29, 1.82) is 0 Å². The van der Waals surface area contributed by atoms with E-state index in [-0.39, 0.29) is 11.7 Å². The lowest BCUT2D eigenvalue weighted by Gasteiger charge is -2.31. The second-order valence-corrected chi connectivity index (χ2v) is 5.04. The zero-order valence-corrected chi connectivity index (χ0v) is 11.1. The fourth-order valence-corrected chi connectivity index (χ4v) is 2.65. The van der Waals surface area contributed by atoms with Crippen molar-refractivity contribution in [3.8, 4) is 0 Å². The van der Waals surface area contributed by atoms with Gasteiger partial charge in [0.25, 0.3) is 0 Å². The summed E-state index contributed by atoms with van der Waals surface area (Å²) in [6, 6.07) is 4.83. The lowest BCUT2D eigenvalue weighted by Crippen LogP contribution is -2.34. The number of hydrogen-bond donors (Lipinski definition) is 2. The minimum Gasteiger partial charge on any atom is -0.409 e. The fourth-order valence-electron chi connectivity index (χ4n) is 2.65. The van der Waals surface area contributed by atoms with Gasteiger partial charge in [-0.1, -0.05) is 18.0 Å². The number of hydrogen-bond acceptors (Lipinski definition) is 3. The van der Waals surface area contributed by atoms with Gasteiger partial charge in [0.1, 0.15) is 5.82 Å². The van der Waals surface area contributed by atoms with E-state index in [0.717, 1.165) is 25.1 Å². The monoisotopic (exact) mass is 265 g/mol. The first-order valence-corrected chi connectivity index (χ1v) is 6.67. The maximum atomic E-state index is 13.4. The van der Waals surface area contributed by atoms with Crippen LogP contribution in [0.2, 0.25) is 0 Å². The molecule has 1 aromatic carbocycles. The molecule has 3 N–H and O–H groups in total. The van der Waals surface area contributed by atoms with Crippen molar-refractivity contribution in [3.63, 3.8) is 0 Å². The lowest BCUT2D eigenvalue weighted by atomic mass is 10.1. The van der Waals surface area contributed by atoms with E-state index in [1.54, 1.807) is 6.07 Å². The van der Waals surface area contributed by atoms with E-state index in [4.69, 9.17) is 10.9 Å². The molecular weight excluding hydrogens is 245 g/mol. The second kappa shape index (κ2) is 5.91. The van der Waals surface area contributed by atoms with Gasteiger partial charge >= 0.3 is 0 Å². The smallest absolute Gasteiger partial charge is 0.172 e. The van der Waals surface area contributed by atoms with Crippen molar-refractivity contribution < 1.29 is 9.60 Å². The molecule has 2 rings (SSSR count). The standard InChI is InChI=1S/C14H20FN3O/c1-10-5-3-2-4-8-18(10)13-7-6-11(15)9-12(13)14(16)17-19/h6-7,9-10,19H,2-5,8H2,1H3,(H2,16,17). The number of nitrogens with two attached hydrogens (primary N) is 1. The van der Waals surface area contributed by atoms with E-state index < -0.39 is 0 Å². The maximum absolute atomic E-state index is 13.4. The summed E-state index contributed by atoms with van der Waals surface area (Å²) in [6.07, 6.45) is 4.63. The van der Waals surface area contributed by atoms with Gasteiger partial charge in [-0.05, 0) is 38.0 Å². The normalized spacial score (nSPS) is 21.3. The summed E-state index contributed by atoms with van der Waals surface area (Å²) in [5, 5.41) is 11.9. The van der Waals surface area contributed by atoms with Crippen LogP contribution < -0.4 is 10.6 Å². The van der Waals surface area contributed by atoms with Crippen LogP contribution in [0.25, 0.3) is 0 Å². The lowest BCUT2D eigenvalue weighted by molar-refractivity contribution is 0.318. The molecule has 0 saturated carbocycles. The van der Waals surface area contributed by atoms with E-state index in [0.29, 0.717) is 11.6 Å². The Morgan fingerprint density at radius 2 is 2.21 bits per heavy atom. The Morgan fingerprint density at radius 1 is 1.42 bits per heavy atom. The third-order valence-corrected chi connectivity index (χ3v) is 3.70. The molecular formula is C14H20FN3O. The van der Waals surface area contributed by atoms with Crippen LogP contribution in [0.15, 0.2) is 23.4 Å². The maximum Gasteiger partial charge on any atom is 0.172 e. The van der Waals surface area contributed by atoms with Crippen LogP contribution in [0, 0.1) is 5.82 Å². The third kappa shape index (κ3) is 2.97. The molecule has 0 aliphatic carbocycles. The highest BCUT2D eigenvalue weighted by Gasteiger charge is 2.21. The predicted octanol–water partition coefficient (Wildman–Crippen LogP) is 2.69. The molecule has 0 aromatic heterocycles. The van der Waals surface area contributed by atoms with Crippen LogP contribution in [0.4, 0.5) is 10.1 Å². The summed E-state index contributed by atoms with van der Waals surface area (Å²) >= 11 is 0. The van der Waals surface area contributed by atoms with Gasteiger partial charge < -0.3 is 15.8 Å². The fraction of sp³-hybridized carbons (Fsp3) is 0.500. The number of nitrogens with zero attached hydrogens (tertiary/aromatic N) is 2. The molecule has 19 heavy (non-hydrogen) atoms. The molecule has 0 bridgehead atoms. The van der Waals surface area contributed by atoms with Gasteiger partial charge in [-0.2, -0.15) is 0 Å². The summed E-state index contributed by atoms with van der Waals surface area (Å²) in [6.45, 7) is 3.07. The van der Waals surface area contributed by atoms with Crippen molar-refractivity contribution in [3.05, 3.63) is 29.6 Å². The number of amidine groups is 1. The number of halogens is 1. The van der Waals surface area contributed by atoms with Crippen LogP contribution in [0.3, 0.4) is 0 Å². The van der Waals surface area contributed by atoms with Gasteiger partial charge in [0.05, 0.1) is 0 Å². The molecule has 0 radical (unpaired) electrons. The van der Waals surface area contributed by atoms with Gasteiger partial charge in [-0.15, -0.1) is 0 Å². The molecule has 104 valence electrons. The zero-order chi connectivity index (χ0) is 13.8. The van der Waals surface area contributed by atoms with E-state index in [1.807, 2.05) is 0 Å². The average Bonchev–Trinajstić information content (AvgIpc) is 2.62. The molecule has 1 atom stereocenters. The van der Waals surface area contributed by atoms with Crippen LogP contribution >= 0.6 is 0 Å². The number of rotatable bonds is 2. The molecule has 0 amide bonds. The van der Waals surface area contributed by atoms with E-state index in [2.05, 4.69) is 17.0 Å². The van der Waals surface area contributed by atoms with Crippen LogP contribution in [0.5, 0.6) is 0 Å². The number of anilines is 1. The molecule has 1 aliphatic rings. The summed E-state index contributed by atoms with van der Waals surface area (Å²) in [5.74, 6) is -0.432. The van der Waals surface area contributed by atoms with Crippen molar-refractivity contribution in [2.45, 2.75) is 38.6 Å². The summed E-state index contributed by atoms with van der Waals surface area (Å²) in [7, 11) is 0. The highest BCUT2D eigenvalue weighted by Crippen LogP contribution is 2.28. The second-order valence-electron chi connectivity index (χ2n) is 5.04. The quantitative estimate of drug-likeness (QED) is 0.374. The molecule has 0 spiro atoms. The Hall–Kier alpha value is -1.78. The van der Waals surface area contributed by atoms with E-state index in [1.165, 1.54) is 25.0 Å². The summed E-state index contributed by atoms with van der Waals surface area (Å²) in [5.41, 5.74) is 6.96. The molecule has 4 nitrogen and oxygen atoms in total. The number of oxime groups is 1. The molecule has 1 heterocycles. The zero-order valence-electron chi connectivity index (χ0n) is 11.1. The first kappa shape index (κ1) is 13.6. The molecule has 1 fully saturated rings. The van der Waals surface area contributed by atoms with Gasteiger partial charge in [0.2, 0.25) is 0 Å².